The van der Waals surface area contributed by atoms with Gasteiger partial charge in [-0.2, -0.15) is 5.10 Å². The smallest absolute Gasteiger partial charge is 0.274 e. The molecule has 2 atom stereocenters. The number of aromatic nitrogens is 2. The van der Waals surface area contributed by atoms with Crippen LogP contribution in [-0.4, -0.2) is 45.8 Å². The molecule has 3 heterocycles. The van der Waals surface area contributed by atoms with Crippen molar-refractivity contribution in [2.24, 2.45) is 0 Å². The zero-order valence-corrected chi connectivity index (χ0v) is 15.0. The summed E-state index contributed by atoms with van der Waals surface area (Å²) in [6.07, 6.45) is 5.81. The minimum atomic E-state index is -0.905. The molecule has 142 valence electrons. The van der Waals surface area contributed by atoms with Gasteiger partial charge in [0.1, 0.15) is 0 Å². The summed E-state index contributed by atoms with van der Waals surface area (Å²) in [4.78, 5) is 15.2. The molecule has 5 nitrogen and oxygen atoms in total. The molecular weight excluding hydrogens is 350 g/mol. The maximum Gasteiger partial charge on any atom is 0.274 e. The van der Waals surface area contributed by atoms with Gasteiger partial charge in [0.25, 0.3) is 5.91 Å². The van der Waals surface area contributed by atoms with Crippen molar-refractivity contribution in [2.45, 2.75) is 50.6 Å². The van der Waals surface area contributed by atoms with E-state index in [1.165, 1.54) is 12.5 Å². The minimum absolute atomic E-state index is 0.0381. The van der Waals surface area contributed by atoms with E-state index in [9.17, 15) is 13.6 Å². The average Bonchev–Trinajstić information content (AvgIpc) is 3.32. The fourth-order valence-corrected chi connectivity index (χ4v) is 4.72. The highest BCUT2D eigenvalue weighted by atomic mass is 19.2. The summed E-state index contributed by atoms with van der Waals surface area (Å²) >= 11 is 0. The van der Waals surface area contributed by atoms with E-state index in [1.807, 2.05) is 4.90 Å². The van der Waals surface area contributed by atoms with E-state index >= 15 is 0 Å². The highest BCUT2D eigenvalue weighted by Gasteiger charge is 2.34. The van der Waals surface area contributed by atoms with Gasteiger partial charge in [-0.25, -0.2) is 13.5 Å². The Kier molecular flexibility index (Phi) is 4.00. The number of rotatable bonds is 2. The SMILES string of the molecule is O=C(c1nn(-c2ccc(F)c(F)c2)c2c1CCC2)N1CCC2CCC(C1)N2. The molecule has 2 bridgehead atoms. The van der Waals surface area contributed by atoms with E-state index in [0.29, 0.717) is 30.0 Å². The third-order valence-electron chi connectivity index (χ3n) is 6.09. The lowest BCUT2D eigenvalue weighted by Gasteiger charge is -2.23. The maximum atomic E-state index is 13.7. The second-order valence-corrected chi connectivity index (χ2v) is 7.82. The number of amides is 1. The van der Waals surface area contributed by atoms with Crippen molar-refractivity contribution in [3.05, 3.63) is 46.8 Å². The van der Waals surface area contributed by atoms with Gasteiger partial charge < -0.3 is 10.2 Å². The highest BCUT2D eigenvalue weighted by Crippen LogP contribution is 2.30. The summed E-state index contributed by atoms with van der Waals surface area (Å²) in [5.41, 5.74) is 2.85. The van der Waals surface area contributed by atoms with Gasteiger partial charge in [-0.1, -0.05) is 0 Å². The van der Waals surface area contributed by atoms with Crippen LogP contribution in [0.3, 0.4) is 0 Å². The Balaban J connectivity index is 1.49. The number of nitrogens with one attached hydrogen (secondary N) is 1. The first-order valence-corrected chi connectivity index (χ1v) is 9.71. The molecule has 1 N–H and O–H groups in total. The lowest BCUT2D eigenvalue weighted by Crippen LogP contribution is -2.39. The van der Waals surface area contributed by atoms with Crippen molar-refractivity contribution in [1.82, 2.24) is 20.0 Å². The van der Waals surface area contributed by atoms with Gasteiger partial charge >= 0.3 is 0 Å². The van der Waals surface area contributed by atoms with Gasteiger partial charge in [0.05, 0.1) is 5.69 Å². The average molecular weight is 372 g/mol. The molecule has 2 unspecified atom stereocenters. The van der Waals surface area contributed by atoms with Crippen LogP contribution in [0.1, 0.15) is 47.4 Å². The van der Waals surface area contributed by atoms with Crippen molar-refractivity contribution >= 4 is 5.91 Å². The van der Waals surface area contributed by atoms with Gasteiger partial charge in [0.2, 0.25) is 0 Å². The molecule has 27 heavy (non-hydrogen) atoms. The molecule has 0 radical (unpaired) electrons. The number of benzene rings is 1. The number of hydrogen-bond acceptors (Lipinski definition) is 3. The van der Waals surface area contributed by atoms with Gasteiger partial charge in [0.15, 0.2) is 17.3 Å². The third kappa shape index (κ3) is 2.84. The first-order valence-electron chi connectivity index (χ1n) is 9.71. The number of halogens is 2. The molecule has 3 aliphatic rings. The topological polar surface area (TPSA) is 50.2 Å². The zero-order chi connectivity index (χ0) is 18.5. The van der Waals surface area contributed by atoms with Gasteiger partial charge in [-0.05, 0) is 50.7 Å². The van der Waals surface area contributed by atoms with Crippen LogP contribution in [0, 0.1) is 11.6 Å². The van der Waals surface area contributed by atoms with Gasteiger partial charge in [-0.15, -0.1) is 0 Å². The lowest BCUT2D eigenvalue weighted by atomic mass is 10.1. The monoisotopic (exact) mass is 372 g/mol. The fraction of sp³-hybridized carbons (Fsp3) is 0.500. The number of carbonyl (C=O) groups excluding carboxylic acids is 1. The van der Waals surface area contributed by atoms with Crippen LogP contribution in [0.4, 0.5) is 8.78 Å². The molecule has 1 aromatic heterocycles. The van der Waals surface area contributed by atoms with Crippen LogP contribution in [0.5, 0.6) is 0 Å². The highest BCUT2D eigenvalue weighted by molar-refractivity contribution is 5.94. The Hall–Kier alpha value is -2.28. The van der Waals surface area contributed by atoms with Crippen molar-refractivity contribution < 1.29 is 13.6 Å². The third-order valence-corrected chi connectivity index (χ3v) is 6.09. The Morgan fingerprint density at radius 2 is 1.96 bits per heavy atom. The molecule has 1 aromatic carbocycles. The van der Waals surface area contributed by atoms with E-state index in [2.05, 4.69) is 10.4 Å². The maximum absolute atomic E-state index is 13.7. The minimum Gasteiger partial charge on any atom is -0.336 e. The Morgan fingerprint density at radius 1 is 1.11 bits per heavy atom. The molecule has 2 aromatic rings. The van der Waals surface area contributed by atoms with E-state index in [1.54, 1.807) is 4.68 Å². The summed E-state index contributed by atoms with van der Waals surface area (Å²) in [7, 11) is 0. The van der Waals surface area contributed by atoms with Crippen LogP contribution < -0.4 is 5.32 Å². The fourth-order valence-electron chi connectivity index (χ4n) is 4.72. The normalized spacial score (nSPS) is 24.1. The largest absolute Gasteiger partial charge is 0.336 e. The number of fused-ring (bicyclic) bond motifs is 3. The molecule has 1 aliphatic carbocycles. The first-order chi connectivity index (χ1) is 13.1. The van der Waals surface area contributed by atoms with Gasteiger partial charge in [-0.3, -0.25) is 4.79 Å². The summed E-state index contributed by atoms with van der Waals surface area (Å²) in [6.45, 7) is 1.45. The van der Waals surface area contributed by atoms with Crippen LogP contribution in [0.15, 0.2) is 18.2 Å². The summed E-state index contributed by atoms with van der Waals surface area (Å²) in [6, 6.07) is 4.63. The Morgan fingerprint density at radius 3 is 2.81 bits per heavy atom. The first kappa shape index (κ1) is 16.9. The van der Waals surface area contributed by atoms with Crippen LogP contribution in [-0.2, 0) is 12.8 Å². The molecule has 2 fully saturated rings. The van der Waals surface area contributed by atoms with Crippen LogP contribution in [0.25, 0.3) is 5.69 Å². The summed E-state index contributed by atoms with van der Waals surface area (Å²) in [5.74, 6) is -1.83. The van der Waals surface area contributed by atoms with E-state index in [-0.39, 0.29) is 5.91 Å². The number of hydrogen-bond donors (Lipinski definition) is 1. The van der Waals surface area contributed by atoms with Crippen LogP contribution in [0.2, 0.25) is 0 Å². The predicted molar refractivity (Wildman–Crippen MR) is 96.0 cm³/mol. The number of likely N-dealkylation sites (tertiary alicyclic amines) is 1. The lowest BCUT2D eigenvalue weighted by molar-refractivity contribution is 0.0740. The van der Waals surface area contributed by atoms with E-state index < -0.39 is 11.6 Å². The molecule has 0 spiro atoms. The van der Waals surface area contributed by atoms with Gasteiger partial charge in [0, 0.05) is 42.5 Å². The summed E-state index contributed by atoms with van der Waals surface area (Å²) < 4.78 is 28.6. The molecule has 2 aliphatic heterocycles. The Bertz CT molecular complexity index is 910. The number of carbonyl (C=O) groups is 1. The Labute approximate surface area is 156 Å². The molecule has 2 saturated heterocycles. The summed E-state index contributed by atoms with van der Waals surface area (Å²) in [5, 5.41) is 8.14. The van der Waals surface area contributed by atoms with E-state index in [4.69, 9.17) is 0 Å². The molecular formula is C20H22F2N4O. The molecule has 1 amide bonds. The standard InChI is InChI=1S/C20H22F2N4O/c21-16-7-6-14(10-17(16)22)26-18-3-1-2-15(18)19(24-26)20(27)25-9-8-12-4-5-13(11-25)23-12/h6-7,10,12-13,23H,1-5,8-9,11H2. The number of nitrogens with zero attached hydrogens (tertiary/aromatic N) is 3. The second-order valence-electron chi connectivity index (χ2n) is 7.82. The molecule has 5 rings (SSSR count). The molecule has 0 saturated carbocycles. The second kappa shape index (κ2) is 6.41. The van der Waals surface area contributed by atoms with Crippen molar-refractivity contribution in [2.75, 3.05) is 13.1 Å². The van der Waals surface area contributed by atoms with Crippen molar-refractivity contribution in [3.8, 4) is 5.69 Å². The van der Waals surface area contributed by atoms with Crippen molar-refractivity contribution in [3.63, 3.8) is 0 Å². The zero-order valence-electron chi connectivity index (χ0n) is 15.0. The van der Waals surface area contributed by atoms with E-state index in [0.717, 1.165) is 62.0 Å². The van der Waals surface area contributed by atoms with Crippen LogP contribution >= 0.6 is 0 Å². The van der Waals surface area contributed by atoms with Crippen molar-refractivity contribution in [1.29, 1.82) is 0 Å². The predicted octanol–water partition coefficient (Wildman–Crippen LogP) is 2.61. The quantitative estimate of drug-likeness (QED) is 0.882. The molecule has 7 heteroatoms.